The van der Waals surface area contributed by atoms with E-state index in [2.05, 4.69) is 0 Å². The summed E-state index contributed by atoms with van der Waals surface area (Å²) in [4.78, 5) is 15.5. The van der Waals surface area contributed by atoms with E-state index in [0.29, 0.717) is 12.1 Å². The number of amides is 1. The highest BCUT2D eigenvalue weighted by molar-refractivity contribution is 7.10. The van der Waals surface area contributed by atoms with Gasteiger partial charge in [0.25, 0.3) is 0 Å². The molecular formula is C18H20FNO2S. The molecule has 0 saturated carbocycles. The number of carbonyl (C=O) groups is 1. The van der Waals surface area contributed by atoms with E-state index in [-0.39, 0.29) is 5.82 Å². The highest BCUT2D eigenvalue weighted by Crippen LogP contribution is 2.39. The van der Waals surface area contributed by atoms with Crippen LogP contribution in [0.3, 0.4) is 0 Å². The van der Waals surface area contributed by atoms with E-state index in [1.165, 1.54) is 10.9 Å². The summed E-state index contributed by atoms with van der Waals surface area (Å²) < 4.78 is 19.9. The monoisotopic (exact) mass is 333 g/mol. The van der Waals surface area contributed by atoms with E-state index in [1.807, 2.05) is 32.2 Å². The van der Waals surface area contributed by atoms with Crippen molar-refractivity contribution in [2.24, 2.45) is 0 Å². The topological polar surface area (TPSA) is 29.5 Å². The van der Waals surface area contributed by atoms with Crippen molar-refractivity contribution in [2.45, 2.75) is 38.8 Å². The molecule has 2 aromatic rings. The first kappa shape index (κ1) is 16.0. The van der Waals surface area contributed by atoms with Gasteiger partial charge in [0.15, 0.2) is 0 Å². The zero-order chi connectivity index (χ0) is 16.6. The predicted octanol–water partition coefficient (Wildman–Crippen LogP) is 4.77. The highest BCUT2D eigenvalue weighted by Gasteiger charge is 2.36. The van der Waals surface area contributed by atoms with Crippen molar-refractivity contribution in [3.63, 3.8) is 0 Å². The lowest BCUT2D eigenvalue weighted by Crippen LogP contribution is -2.43. The van der Waals surface area contributed by atoms with Gasteiger partial charge in [0.2, 0.25) is 0 Å². The Bertz CT molecular complexity index is 720. The number of fused-ring (bicyclic) bond motifs is 1. The molecule has 2 heterocycles. The molecule has 0 bridgehead atoms. The summed E-state index contributed by atoms with van der Waals surface area (Å²) >= 11 is 1.66. The number of benzene rings is 1. The Morgan fingerprint density at radius 1 is 1.26 bits per heavy atom. The SMILES string of the molecule is CC(C)(C)OC(=O)N1CCc2sccc2C1c1ccccc1F. The molecule has 0 fully saturated rings. The Morgan fingerprint density at radius 3 is 2.70 bits per heavy atom. The van der Waals surface area contributed by atoms with Crippen LogP contribution in [0.1, 0.15) is 42.8 Å². The number of rotatable bonds is 1. The van der Waals surface area contributed by atoms with Gasteiger partial charge in [0.1, 0.15) is 11.4 Å². The minimum absolute atomic E-state index is 0.301. The number of ether oxygens (including phenoxy) is 1. The third-order valence-electron chi connectivity index (χ3n) is 3.79. The van der Waals surface area contributed by atoms with Gasteiger partial charge in [-0.1, -0.05) is 18.2 Å². The van der Waals surface area contributed by atoms with Crippen LogP contribution in [0.5, 0.6) is 0 Å². The summed E-state index contributed by atoms with van der Waals surface area (Å²) in [5, 5.41) is 2.00. The molecule has 122 valence electrons. The summed E-state index contributed by atoms with van der Waals surface area (Å²) in [6, 6.07) is 8.18. The van der Waals surface area contributed by atoms with Crippen LogP contribution >= 0.6 is 11.3 Å². The van der Waals surface area contributed by atoms with Crippen molar-refractivity contribution in [2.75, 3.05) is 6.54 Å². The zero-order valence-corrected chi connectivity index (χ0v) is 14.3. The fourth-order valence-corrected chi connectivity index (χ4v) is 3.77. The van der Waals surface area contributed by atoms with Gasteiger partial charge in [-0.25, -0.2) is 9.18 Å². The van der Waals surface area contributed by atoms with Gasteiger partial charge in [-0.2, -0.15) is 0 Å². The third kappa shape index (κ3) is 3.24. The van der Waals surface area contributed by atoms with Gasteiger partial charge in [-0.15, -0.1) is 11.3 Å². The van der Waals surface area contributed by atoms with Gasteiger partial charge in [-0.3, -0.25) is 4.90 Å². The molecule has 0 saturated heterocycles. The Hall–Kier alpha value is -1.88. The largest absolute Gasteiger partial charge is 0.444 e. The summed E-state index contributed by atoms with van der Waals surface area (Å²) in [5.41, 5.74) is 0.932. The van der Waals surface area contributed by atoms with E-state index < -0.39 is 17.7 Å². The minimum atomic E-state index is -0.578. The van der Waals surface area contributed by atoms with Crippen LogP contribution in [-0.2, 0) is 11.2 Å². The highest BCUT2D eigenvalue weighted by atomic mass is 32.1. The molecule has 3 nitrogen and oxygen atoms in total. The molecule has 5 heteroatoms. The first-order valence-corrected chi connectivity index (χ1v) is 8.55. The average Bonchev–Trinajstić information content (AvgIpc) is 2.93. The lowest BCUT2D eigenvalue weighted by molar-refractivity contribution is 0.0177. The first-order chi connectivity index (χ1) is 10.9. The summed E-state index contributed by atoms with van der Waals surface area (Å²) in [6.07, 6.45) is 0.375. The number of thiophene rings is 1. The van der Waals surface area contributed by atoms with Crippen LogP contribution in [0.4, 0.5) is 9.18 Å². The van der Waals surface area contributed by atoms with E-state index in [9.17, 15) is 9.18 Å². The number of nitrogens with zero attached hydrogens (tertiary/aromatic N) is 1. The second-order valence-electron chi connectivity index (χ2n) is 6.65. The quantitative estimate of drug-likeness (QED) is 0.752. The average molecular weight is 333 g/mol. The van der Waals surface area contributed by atoms with Crippen LogP contribution < -0.4 is 0 Å². The van der Waals surface area contributed by atoms with Crippen molar-refractivity contribution in [1.29, 1.82) is 0 Å². The maximum absolute atomic E-state index is 14.4. The van der Waals surface area contributed by atoms with Gasteiger partial charge >= 0.3 is 6.09 Å². The summed E-state index contributed by atoms with van der Waals surface area (Å²) in [7, 11) is 0. The van der Waals surface area contributed by atoms with Crippen LogP contribution in [0.2, 0.25) is 0 Å². The fourth-order valence-electron chi connectivity index (χ4n) is 2.87. The van der Waals surface area contributed by atoms with Crippen molar-refractivity contribution < 1.29 is 13.9 Å². The predicted molar refractivity (Wildman–Crippen MR) is 89.2 cm³/mol. The van der Waals surface area contributed by atoms with E-state index in [4.69, 9.17) is 4.74 Å². The molecule has 0 spiro atoms. The third-order valence-corrected chi connectivity index (χ3v) is 4.79. The van der Waals surface area contributed by atoms with E-state index in [0.717, 1.165) is 12.0 Å². The molecule has 0 radical (unpaired) electrons. The number of hydrogen-bond donors (Lipinski definition) is 0. The summed E-state index contributed by atoms with van der Waals surface area (Å²) in [5.74, 6) is -0.301. The van der Waals surface area contributed by atoms with Crippen molar-refractivity contribution in [1.82, 2.24) is 4.90 Å². The van der Waals surface area contributed by atoms with Crippen molar-refractivity contribution >= 4 is 17.4 Å². The molecule has 1 unspecified atom stereocenters. The van der Waals surface area contributed by atoms with Crippen LogP contribution in [-0.4, -0.2) is 23.1 Å². The Morgan fingerprint density at radius 2 is 2.00 bits per heavy atom. The molecular weight excluding hydrogens is 313 g/mol. The molecule has 3 rings (SSSR count). The van der Waals surface area contributed by atoms with E-state index in [1.54, 1.807) is 34.4 Å². The Balaban J connectivity index is 2.02. The Labute approximate surface area is 139 Å². The maximum Gasteiger partial charge on any atom is 0.411 e. The summed E-state index contributed by atoms with van der Waals surface area (Å²) in [6.45, 7) is 6.04. The lowest BCUT2D eigenvalue weighted by atomic mass is 9.93. The number of hydrogen-bond acceptors (Lipinski definition) is 3. The second-order valence-corrected chi connectivity index (χ2v) is 7.65. The smallest absolute Gasteiger partial charge is 0.411 e. The molecule has 0 aliphatic carbocycles. The minimum Gasteiger partial charge on any atom is -0.444 e. The van der Waals surface area contributed by atoms with Crippen LogP contribution in [0.15, 0.2) is 35.7 Å². The standard InChI is InChI=1S/C18H20FNO2S/c1-18(2,3)22-17(21)20-10-8-15-13(9-11-23-15)16(20)12-6-4-5-7-14(12)19/h4-7,9,11,16H,8,10H2,1-3H3. The number of halogens is 1. The first-order valence-electron chi connectivity index (χ1n) is 7.67. The second kappa shape index (κ2) is 5.96. The van der Waals surface area contributed by atoms with Crippen LogP contribution in [0.25, 0.3) is 0 Å². The zero-order valence-electron chi connectivity index (χ0n) is 13.5. The lowest BCUT2D eigenvalue weighted by Gasteiger charge is -2.37. The molecule has 1 aliphatic heterocycles. The molecule has 0 N–H and O–H groups in total. The Kier molecular flexibility index (Phi) is 4.15. The molecule has 1 amide bonds. The van der Waals surface area contributed by atoms with E-state index >= 15 is 0 Å². The molecule has 1 aliphatic rings. The normalized spacial score (nSPS) is 17.7. The molecule has 23 heavy (non-hydrogen) atoms. The molecule has 1 aromatic carbocycles. The fraction of sp³-hybridized carbons (Fsp3) is 0.389. The van der Waals surface area contributed by atoms with Gasteiger partial charge in [0.05, 0.1) is 6.04 Å². The van der Waals surface area contributed by atoms with Gasteiger partial charge in [-0.05, 0) is 50.3 Å². The molecule has 1 aromatic heterocycles. The maximum atomic E-state index is 14.4. The van der Waals surface area contributed by atoms with Crippen molar-refractivity contribution in [3.05, 3.63) is 57.5 Å². The van der Waals surface area contributed by atoms with Crippen LogP contribution in [0, 0.1) is 5.82 Å². The van der Waals surface area contributed by atoms with Crippen molar-refractivity contribution in [3.8, 4) is 0 Å². The number of carbonyl (C=O) groups excluding carboxylic acids is 1. The molecule has 1 atom stereocenters. The van der Waals surface area contributed by atoms with Gasteiger partial charge < -0.3 is 4.74 Å². The van der Waals surface area contributed by atoms with Gasteiger partial charge in [0, 0.05) is 17.0 Å².